The fraction of sp³-hybridized carbons (Fsp3) is 0.0769. The Kier molecular flexibility index (Phi) is 3.70. The van der Waals surface area contributed by atoms with E-state index in [9.17, 15) is 13.6 Å². The van der Waals surface area contributed by atoms with Gasteiger partial charge in [-0.15, -0.1) is 0 Å². The van der Waals surface area contributed by atoms with Crippen LogP contribution in [0, 0.1) is 11.6 Å². The van der Waals surface area contributed by atoms with Gasteiger partial charge in [0.15, 0.2) is 11.6 Å². The molecule has 6 heteroatoms. The molecule has 0 atom stereocenters. The van der Waals surface area contributed by atoms with Crippen molar-refractivity contribution in [1.82, 2.24) is 4.98 Å². The molecule has 0 aliphatic rings. The molecule has 1 amide bonds. The van der Waals surface area contributed by atoms with Gasteiger partial charge in [0.05, 0.1) is 5.56 Å². The molecule has 0 unspecified atom stereocenters. The first-order valence-electron chi connectivity index (χ1n) is 5.51. The van der Waals surface area contributed by atoms with E-state index in [0.717, 1.165) is 6.07 Å². The van der Waals surface area contributed by atoms with Gasteiger partial charge in [0.2, 0.25) is 0 Å². The molecule has 0 bridgehead atoms. The van der Waals surface area contributed by atoms with E-state index >= 15 is 0 Å². The van der Waals surface area contributed by atoms with Gasteiger partial charge >= 0.3 is 0 Å². The van der Waals surface area contributed by atoms with Gasteiger partial charge in [-0.3, -0.25) is 4.79 Å². The van der Waals surface area contributed by atoms with E-state index in [2.05, 4.69) is 15.6 Å². The summed E-state index contributed by atoms with van der Waals surface area (Å²) in [6.45, 7) is 0. The van der Waals surface area contributed by atoms with Crippen molar-refractivity contribution in [2.45, 2.75) is 0 Å². The Morgan fingerprint density at radius 1 is 1.26 bits per heavy atom. The summed E-state index contributed by atoms with van der Waals surface area (Å²) in [5.41, 5.74) is 0.0934. The lowest BCUT2D eigenvalue weighted by Gasteiger charge is -2.08. The summed E-state index contributed by atoms with van der Waals surface area (Å²) >= 11 is 0. The van der Waals surface area contributed by atoms with Crippen LogP contribution in [0.4, 0.5) is 20.3 Å². The van der Waals surface area contributed by atoms with Gasteiger partial charge in [-0.25, -0.2) is 13.8 Å². The summed E-state index contributed by atoms with van der Waals surface area (Å²) in [5.74, 6) is -1.92. The zero-order chi connectivity index (χ0) is 13.8. The van der Waals surface area contributed by atoms with Crippen molar-refractivity contribution >= 4 is 17.4 Å². The Morgan fingerprint density at radius 2 is 2.05 bits per heavy atom. The zero-order valence-corrected chi connectivity index (χ0v) is 10.1. The van der Waals surface area contributed by atoms with E-state index in [-0.39, 0.29) is 17.1 Å². The lowest BCUT2D eigenvalue weighted by Crippen LogP contribution is -2.15. The number of halogens is 2. The predicted octanol–water partition coefficient (Wildman–Crippen LogP) is 2.65. The van der Waals surface area contributed by atoms with Crippen molar-refractivity contribution in [1.29, 1.82) is 0 Å². The first-order chi connectivity index (χ1) is 9.11. The van der Waals surface area contributed by atoms with Gasteiger partial charge in [0.25, 0.3) is 5.91 Å². The second-order valence-corrected chi connectivity index (χ2v) is 3.74. The highest BCUT2D eigenvalue weighted by Gasteiger charge is 2.15. The fourth-order valence-corrected chi connectivity index (χ4v) is 1.56. The van der Waals surface area contributed by atoms with Crippen LogP contribution in [-0.2, 0) is 0 Å². The number of benzene rings is 1. The smallest absolute Gasteiger partial charge is 0.258 e. The molecule has 1 aromatic heterocycles. The third kappa shape index (κ3) is 2.85. The average molecular weight is 263 g/mol. The number of hydrogen-bond donors (Lipinski definition) is 2. The summed E-state index contributed by atoms with van der Waals surface area (Å²) in [4.78, 5) is 15.6. The van der Waals surface area contributed by atoms with Crippen LogP contribution >= 0.6 is 0 Å². The van der Waals surface area contributed by atoms with E-state index in [0.29, 0.717) is 0 Å². The van der Waals surface area contributed by atoms with Crippen molar-refractivity contribution in [3.63, 3.8) is 0 Å². The Morgan fingerprint density at radius 3 is 2.74 bits per heavy atom. The largest absolute Gasteiger partial charge is 0.371 e. The number of amides is 1. The third-order valence-corrected chi connectivity index (χ3v) is 2.45. The summed E-state index contributed by atoms with van der Waals surface area (Å²) in [7, 11) is 1.50. The molecular formula is C13H11F2N3O. The molecule has 1 aromatic carbocycles. The van der Waals surface area contributed by atoms with Gasteiger partial charge in [-0.05, 0) is 24.3 Å². The molecule has 98 valence electrons. The highest BCUT2D eigenvalue weighted by atomic mass is 19.1. The van der Waals surface area contributed by atoms with Crippen LogP contribution in [0.3, 0.4) is 0 Å². The molecule has 0 saturated carbocycles. The Balaban J connectivity index is 2.25. The maximum Gasteiger partial charge on any atom is 0.258 e. The Bertz CT molecular complexity index is 617. The van der Waals surface area contributed by atoms with Crippen LogP contribution in [0.2, 0.25) is 0 Å². The minimum atomic E-state index is -0.751. The van der Waals surface area contributed by atoms with Crippen molar-refractivity contribution in [3.8, 4) is 0 Å². The van der Waals surface area contributed by atoms with Gasteiger partial charge in [0, 0.05) is 18.9 Å². The standard InChI is InChI=1S/C13H11F2N3O/c1-16-12-11(15)10(5-6-17-12)13(19)18-9-4-2-3-8(14)7-9/h2-7H,1H3,(H,16,17)(H,18,19). The second-order valence-electron chi connectivity index (χ2n) is 3.74. The molecule has 4 nitrogen and oxygen atoms in total. The predicted molar refractivity (Wildman–Crippen MR) is 68.1 cm³/mol. The number of nitrogens with one attached hydrogen (secondary N) is 2. The number of hydrogen-bond acceptors (Lipinski definition) is 3. The monoisotopic (exact) mass is 263 g/mol. The SMILES string of the molecule is CNc1nccc(C(=O)Nc2cccc(F)c2)c1F. The molecule has 1 heterocycles. The topological polar surface area (TPSA) is 54.0 Å². The van der Waals surface area contributed by atoms with Crippen molar-refractivity contribution in [3.05, 3.63) is 53.7 Å². The van der Waals surface area contributed by atoms with Crippen LogP contribution in [0.5, 0.6) is 0 Å². The minimum Gasteiger partial charge on any atom is -0.371 e. The quantitative estimate of drug-likeness (QED) is 0.895. The number of carbonyl (C=O) groups excluding carboxylic acids is 1. The maximum atomic E-state index is 13.8. The first kappa shape index (κ1) is 12.9. The minimum absolute atomic E-state index is 0.0214. The summed E-state index contributed by atoms with van der Waals surface area (Å²) in [6.07, 6.45) is 1.31. The van der Waals surface area contributed by atoms with E-state index < -0.39 is 17.5 Å². The zero-order valence-electron chi connectivity index (χ0n) is 10.1. The summed E-state index contributed by atoms with van der Waals surface area (Å²) in [5, 5.41) is 4.95. The fourth-order valence-electron chi connectivity index (χ4n) is 1.56. The molecule has 0 aliphatic carbocycles. The maximum absolute atomic E-state index is 13.8. The number of pyridine rings is 1. The molecule has 19 heavy (non-hydrogen) atoms. The first-order valence-corrected chi connectivity index (χ1v) is 5.51. The molecule has 2 aromatic rings. The highest BCUT2D eigenvalue weighted by Crippen LogP contribution is 2.17. The summed E-state index contributed by atoms with van der Waals surface area (Å²) in [6, 6.07) is 6.62. The second kappa shape index (κ2) is 5.43. The highest BCUT2D eigenvalue weighted by molar-refractivity contribution is 6.04. The van der Waals surface area contributed by atoms with Crippen molar-refractivity contribution in [2.24, 2.45) is 0 Å². The molecule has 0 radical (unpaired) electrons. The van der Waals surface area contributed by atoms with Gasteiger partial charge in [-0.1, -0.05) is 6.07 Å². The van der Waals surface area contributed by atoms with E-state index in [1.807, 2.05) is 0 Å². The normalized spacial score (nSPS) is 10.1. The molecule has 2 N–H and O–H groups in total. The van der Waals surface area contributed by atoms with E-state index in [4.69, 9.17) is 0 Å². The van der Waals surface area contributed by atoms with Crippen molar-refractivity contribution in [2.75, 3.05) is 17.7 Å². The Hall–Kier alpha value is -2.50. The molecule has 0 fully saturated rings. The average Bonchev–Trinajstić information content (AvgIpc) is 2.39. The van der Waals surface area contributed by atoms with Crippen LogP contribution in [-0.4, -0.2) is 17.9 Å². The molecule has 0 aliphatic heterocycles. The van der Waals surface area contributed by atoms with E-state index in [1.165, 1.54) is 37.5 Å². The summed E-state index contributed by atoms with van der Waals surface area (Å²) < 4.78 is 26.8. The molecule has 2 rings (SSSR count). The molecular weight excluding hydrogens is 252 g/mol. The number of anilines is 2. The van der Waals surface area contributed by atoms with Gasteiger partial charge in [-0.2, -0.15) is 0 Å². The van der Waals surface area contributed by atoms with Gasteiger partial charge in [0.1, 0.15) is 5.82 Å². The third-order valence-electron chi connectivity index (χ3n) is 2.45. The number of rotatable bonds is 3. The van der Waals surface area contributed by atoms with Crippen LogP contribution in [0.1, 0.15) is 10.4 Å². The van der Waals surface area contributed by atoms with Crippen molar-refractivity contribution < 1.29 is 13.6 Å². The van der Waals surface area contributed by atoms with E-state index in [1.54, 1.807) is 0 Å². The molecule has 0 saturated heterocycles. The molecule has 0 spiro atoms. The lowest BCUT2D eigenvalue weighted by atomic mass is 10.2. The Labute approximate surface area is 108 Å². The number of aromatic nitrogens is 1. The van der Waals surface area contributed by atoms with Crippen LogP contribution in [0.25, 0.3) is 0 Å². The number of carbonyl (C=O) groups is 1. The number of nitrogens with zero attached hydrogens (tertiary/aromatic N) is 1. The van der Waals surface area contributed by atoms with Gasteiger partial charge < -0.3 is 10.6 Å². The lowest BCUT2D eigenvalue weighted by molar-refractivity contribution is 0.102. The van der Waals surface area contributed by atoms with Crippen LogP contribution < -0.4 is 10.6 Å². The van der Waals surface area contributed by atoms with Crippen LogP contribution in [0.15, 0.2) is 36.5 Å².